The number of aliphatic hydroxyl groups excluding tert-OH is 1. The first-order valence-electron chi connectivity index (χ1n) is 12.7. The van der Waals surface area contributed by atoms with Crippen LogP contribution in [0, 0.1) is 11.8 Å². The maximum Gasteiger partial charge on any atom is 0.393 e. The lowest BCUT2D eigenvalue weighted by atomic mass is 9.83. The summed E-state index contributed by atoms with van der Waals surface area (Å²) < 4.78 is 43.9. The number of carbonyl (C=O) groups is 1. The van der Waals surface area contributed by atoms with Crippen molar-refractivity contribution in [1.29, 1.82) is 0 Å². The molecule has 0 spiro atoms. The van der Waals surface area contributed by atoms with E-state index in [0.717, 1.165) is 17.7 Å². The average Bonchev–Trinajstić information content (AvgIpc) is 3.45. The van der Waals surface area contributed by atoms with Gasteiger partial charge in [-0.25, -0.2) is 4.98 Å². The Labute approximate surface area is 213 Å². The van der Waals surface area contributed by atoms with E-state index in [1.54, 1.807) is 34.1 Å². The number of rotatable bonds is 9. The number of imidazole rings is 1. The summed E-state index contributed by atoms with van der Waals surface area (Å²) in [7, 11) is 0. The summed E-state index contributed by atoms with van der Waals surface area (Å²) in [4.78, 5) is 18.8. The predicted molar refractivity (Wildman–Crippen MR) is 136 cm³/mol. The topological polar surface area (TPSA) is 67.2 Å². The molecule has 3 aromatic rings. The molecular weight excluding hydrogens is 487 g/mol. The van der Waals surface area contributed by atoms with Gasteiger partial charge in [0.1, 0.15) is 5.82 Å². The van der Waals surface area contributed by atoms with Gasteiger partial charge in [-0.2, -0.15) is 13.2 Å². The molecule has 3 atom stereocenters. The van der Waals surface area contributed by atoms with Crippen molar-refractivity contribution in [2.45, 2.75) is 77.1 Å². The number of alkyl halides is 3. The summed E-state index contributed by atoms with van der Waals surface area (Å²) in [6.07, 6.45) is -0.730. The Kier molecular flexibility index (Phi) is 8.40. The predicted octanol–water partition coefficient (Wildman–Crippen LogP) is 6.51. The lowest BCUT2D eigenvalue weighted by Gasteiger charge is -2.35. The molecule has 1 amide bonds. The summed E-state index contributed by atoms with van der Waals surface area (Å²) in [6, 6.07) is 8.11. The van der Waals surface area contributed by atoms with Crippen molar-refractivity contribution in [3.05, 3.63) is 52.0 Å². The number of amides is 1. The van der Waals surface area contributed by atoms with Crippen LogP contribution in [0.4, 0.5) is 13.2 Å². The van der Waals surface area contributed by atoms with E-state index in [9.17, 15) is 23.1 Å². The quantitative estimate of drug-likeness (QED) is 0.337. The Hall–Kier alpha value is -2.39. The molecule has 0 radical (unpaired) electrons. The number of nitrogens with zero attached hydrogens (tertiary/aromatic N) is 2. The second kappa shape index (κ2) is 11.3. The van der Waals surface area contributed by atoms with Crippen LogP contribution in [0.1, 0.15) is 79.5 Å². The smallest absolute Gasteiger partial charge is 0.393 e. The van der Waals surface area contributed by atoms with Crippen molar-refractivity contribution in [2.24, 2.45) is 11.8 Å². The second-order valence-electron chi connectivity index (χ2n) is 10.2. The monoisotopic (exact) mass is 521 g/mol. The number of aromatic nitrogens is 2. The van der Waals surface area contributed by atoms with Crippen molar-refractivity contribution in [3.8, 4) is 0 Å². The fourth-order valence-corrected chi connectivity index (χ4v) is 6.10. The molecule has 1 saturated carbocycles. The molecule has 1 aliphatic carbocycles. The molecule has 2 N–H and O–H groups in total. The number of fused-ring (bicyclic) bond motifs is 1. The molecule has 1 aliphatic rings. The van der Waals surface area contributed by atoms with E-state index in [1.807, 2.05) is 17.5 Å². The molecule has 0 saturated heterocycles. The standard InChI is InChI=1S/C27H34F3N3O2S/c1-17(2)14-19(11-12-34)31-26(35)18-9-10-24-22(15-18)32-25(16-20-6-5-13-36-20)33(24)23-8-4-3-7-21(23)27(28,29)30/h5-6,9-10,13,15,17,19,21,23,34H,3-4,7-8,11-12,14,16H2,1-2H3,(H,31,35)/t19-,21?,23?/m1/s1. The fourth-order valence-electron chi connectivity index (χ4n) is 5.40. The Bertz CT molecular complexity index is 1160. The first kappa shape index (κ1) is 26.7. The van der Waals surface area contributed by atoms with Crippen molar-refractivity contribution in [3.63, 3.8) is 0 Å². The molecule has 5 nitrogen and oxygen atoms in total. The van der Waals surface area contributed by atoms with Gasteiger partial charge < -0.3 is 15.0 Å². The third kappa shape index (κ3) is 6.11. The Morgan fingerprint density at radius 3 is 2.69 bits per heavy atom. The number of aliphatic hydroxyl groups is 1. The molecule has 9 heteroatoms. The zero-order valence-electron chi connectivity index (χ0n) is 20.7. The van der Waals surface area contributed by atoms with Crippen LogP contribution in [0.5, 0.6) is 0 Å². The van der Waals surface area contributed by atoms with Crippen molar-refractivity contribution in [1.82, 2.24) is 14.9 Å². The van der Waals surface area contributed by atoms with Crippen LogP contribution in [-0.4, -0.2) is 39.4 Å². The summed E-state index contributed by atoms with van der Waals surface area (Å²) in [5.74, 6) is -0.721. The molecule has 0 aliphatic heterocycles. The third-order valence-corrected chi connectivity index (χ3v) is 7.86. The molecule has 0 bridgehead atoms. The minimum Gasteiger partial charge on any atom is -0.396 e. The Balaban J connectivity index is 1.71. The Morgan fingerprint density at radius 2 is 2.03 bits per heavy atom. The maximum absolute atomic E-state index is 14.0. The van der Waals surface area contributed by atoms with Crippen LogP contribution in [0.15, 0.2) is 35.7 Å². The SMILES string of the molecule is CC(C)C[C@@H](CCO)NC(=O)c1ccc2c(c1)nc(Cc1cccs1)n2C1CCCCC1C(F)(F)F. The van der Waals surface area contributed by atoms with E-state index in [-0.39, 0.29) is 25.0 Å². The van der Waals surface area contributed by atoms with E-state index in [0.29, 0.717) is 54.0 Å². The molecule has 1 fully saturated rings. The van der Waals surface area contributed by atoms with Gasteiger partial charge in [0.05, 0.1) is 17.0 Å². The van der Waals surface area contributed by atoms with Gasteiger partial charge in [0.25, 0.3) is 5.91 Å². The van der Waals surface area contributed by atoms with E-state index in [4.69, 9.17) is 4.98 Å². The van der Waals surface area contributed by atoms with E-state index >= 15 is 0 Å². The number of benzene rings is 1. The van der Waals surface area contributed by atoms with Crippen molar-refractivity contribution < 1.29 is 23.1 Å². The number of hydrogen-bond acceptors (Lipinski definition) is 4. The molecule has 2 heterocycles. The average molecular weight is 522 g/mol. The second-order valence-corrected chi connectivity index (χ2v) is 11.2. The first-order chi connectivity index (χ1) is 17.2. The Morgan fingerprint density at radius 1 is 1.25 bits per heavy atom. The zero-order chi connectivity index (χ0) is 25.9. The van der Waals surface area contributed by atoms with Crippen LogP contribution in [0.3, 0.4) is 0 Å². The summed E-state index contributed by atoms with van der Waals surface area (Å²) >= 11 is 1.55. The summed E-state index contributed by atoms with van der Waals surface area (Å²) in [5, 5.41) is 14.3. The molecule has 4 rings (SSSR count). The van der Waals surface area contributed by atoms with Gasteiger partial charge in [0, 0.05) is 35.6 Å². The highest BCUT2D eigenvalue weighted by Crippen LogP contribution is 2.45. The molecular formula is C27H34F3N3O2S. The van der Waals surface area contributed by atoms with E-state index in [2.05, 4.69) is 19.2 Å². The molecule has 1 aromatic carbocycles. The highest BCUT2D eigenvalue weighted by atomic mass is 32.1. The van der Waals surface area contributed by atoms with Crippen LogP contribution in [0.2, 0.25) is 0 Å². The lowest BCUT2D eigenvalue weighted by Crippen LogP contribution is -2.36. The van der Waals surface area contributed by atoms with Gasteiger partial charge in [-0.05, 0) is 61.2 Å². The van der Waals surface area contributed by atoms with Gasteiger partial charge in [0.15, 0.2) is 0 Å². The maximum atomic E-state index is 14.0. The van der Waals surface area contributed by atoms with Gasteiger partial charge in [0.2, 0.25) is 0 Å². The van der Waals surface area contributed by atoms with E-state index in [1.165, 1.54) is 0 Å². The van der Waals surface area contributed by atoms with Gasteiger partial charge >= 0.3 is 6.18 Å². The molecule has 196 valence electrons. The third-order valence-electron chi connectivity index (χ3n) is 6.99. The lowest BCUT2D eigenvalue weighted by molar-refractivity contribution is -0.193. The van der Waals surface area contributed by atoms with Gasteiger partial charge in [-0.3, -0.25) is 4.79 Å². The number of carbonyl (C=O) groups excluding carboxylic acids is 1. The van der Waals surface area contributed by atoms with Crippen molar-refractivity contribution >= 4 is 28.3 Å². The normalized spacial score (nSPS) is 19.6. The van der Waals surface area contributed by atoms with Gasteiger partial charge in [-0.1, -0.05) is 32.8 Å². The highest BCUT2D eigenvalue weighted by Gasteiger charge is 2.47. The van der Waals surface area contributed by atoms with E-state index < -0.39 is 18.1 Å². The van der Waals surface area contributed by atoms with Gasteiger partial charge in [-0.15, -0.1) is 11.3 Å². The zero-order valence-corrected chi connectivity index (χ0v) is 21.5. The fraction of sp³-hybridized carbons (Fsp3) is 0.556. The summed E-state index contributed by atoms with van der Waals surface area (Å²) in [6.45, 7) is 4.10. The molecule has 2 unspecified atom stereocenters. The molecule has 36 heavy (non-hydrogen) atoms. The van der Waals surface area contributed by atoms with Crippen LogP contribution < -0.4 is 5.32 Å². The summed E-state index contributed by atoms with van der Waals surface area (Å²) in [5.41, 5.74) is 1.58. The largest absolute Gasteiger partial charge is 0.396 e. The molecule has 2 aromatic heterocycles. The van der Waals surface area contributed by atoms with Crippen LogP contribution in [-0.2, 0) is 6.42 Å². The minimum atomic E-state index is -4.28. The van der Waals surface area contributed by atoms with Crippen molar-refractivity contribution in [2.75, 3.05) is 6.61 Å². The number of hydrogen-bond donors (Lipinski definition) is 2. The first-order valence-corrected chi connectivity index (χ1v) is 13.6. The van der Waals surface area contributed by atoms with Crippen LogP contribution >= 0.6 is 11.3 Å². The number of nitrogens with one attached hydrogen (secondary N) is 1. The van der Waals surface area contributed by atoms with Crippen LogP contribution in [0.25, 0.3) is 11.0 Å². The highest BCUT2D eigenvalue weighted by molar-refractivity contribution is 7.09. The number of thiophene rings is 1. The number of halogens is 3. The minimum absolute atomic E-state index is 0.0189.